The summed E-state index contributed by atoms with van der Waals surface area (Å²) in [4.78, 5) is 6.24. The Morgan fingerprint density at radius 2 is 1.82 bits per heavy atom. The van der Waals surface area contributed by atoms with Crippen LogP contribution < -0.4 is 9.47 Å². The molecule has 2 N–H and O–H groups in total. The van der Waals surface area contributed by atoms with E-state index >= 15 is 0 Å². The van der Waals surface area contributed by atoms with E-state index in [1.807, 2.05) is 49.3 Å². The second-order valence-electron chi connectivity index (χ2n) is 9.27. The maximum atomic E-state index is 12.6. The molecule has 0 bridgehead atoms. The lowest BCUT2D eigenvalue weighted by molar-refractivity contribution is -0.152. The van der Waals surface area contributed by atoms with Crippen LogP contribution in [0.25, 0.3) is 0 Å². The summed E-state index contributed by atoms with van der Waals surface area (Å²) >= 11 is 0. The van der Waals surface area contributed by atoms with E-state index in [-0.39, 0.29) is 5.92 Å². The van der Waals surface area contributed by atoms with Crippen LogP contribution in [0.1, 0.15) is 28.2 Å². The van der Waals surface area contributed by atoms with E-state index in [0.717, 1.165) is 5.56 Å². The minimum Gasteiger partial charge on any atom is -0.495 e. The molecule has 1 aliphatic heterocycles. The van der Waals surface area contributed by atoms with Gasteiger partial charge >= 0.3 is 0 Å². The maximum Gasteiger partial charge on any atom is 0.177 e. The number of aromatic nitrogens is 1. The van der Waals surface area contributed by atoms with E-state index in [1.165, 1.54) is 13.3 Å². The van der Waals surface area contributed by atoms with Gasteiger partial charge in [0.2, 0.25) is 0 Å². The van der Waals surface area contributed by atoms with Crippen LogP contribution in [0, 0.1) is 17.2 Å². The number of methoxy groups -OCH3 is 1. The third-order valence-corrected chi connectivity index (χ3v) is 7.19. The lowest BCUT2D eigenvalue weighted by Gasteiger charge is -2.41. The SMILES string of the molecule is COc1cncc2c1[C@]1(O)[C@H](O)[C@H](CN(C)C)C(c3ccccc3)C1(c1ccc(C#N)cc1)O2. The lowest BCUT2D eigenvalue weighted by Crippen LogP contribution is -2.52. The van der Waals surface area contributed by atoms with Crippen molar-refractivity contribution in [3.8, 4) is 17.6 Å². The Morgan fingerprint density at radius 3 is 2.44 bits per heavy atom. The molecule has 7 nitrogen and oxygen atoms in total. The number of aliphatic hydroxyl groups is 2. The van der Waals surface area contributed by atoms with Crippen molar-refractivity contribution >= 4 is 0 Å². The Balaban J connectivity index is 1.85. The van der Waals surface area contributed by atoms with E-state index in [4.69, 9.17) is 9.47 Å². The smallest absolute Gasteiger partial charge is 0.177 e. The van der Waals surface area contributed by atoms with Crippen molar-refractivity contribution in [1.29, 1.82) is 5.26 Å². The van der Waals surface area contributed by atoms with Crippen LogP contribution >= 0.6 is 0 Å². The van der Waals surface area contributed by atoms with E-state index in [1.54, 1.807) is 30.5 Å². The quantitative estimate of drug-likeness (QED) is 0.608. The van der Waals surface area contributed by atoms with Gasteiger partial charge in [-0.15, -0.1) is 0 Å². The Hall–Kier alpha value is -3.44. The summed E-state index contributed by atoms with van der Waals surface area (Å²) in [6.45, 7) is 0.521. The minimum atomic E-state index is -1.83. The molecule has 1 fully saturated rings. The third kappa shape index (κ3) is 2.90. The van der Waals surface area contributed by atoms with Gasteiger partial charge in [0.05, 0.1) is 42.8 Å². The van der Waals surface area contributed by atoms with E-state index in [0.29, 0.717) is 34.7 Å². The van der Waals surface area contributed by atoms with Gasteiger partial charge in [0.25, 0.3) is 0 Å². The Morgan fingerprint density at radius 1 is 1.12 bits per heavy atom. The molecule has 2 unspecified atom stereocenters. The summed E-state index contributed by atoms with van der Waals surface area (Å²) in [5.74, 6) is -0.0633. The standard InChI is InChI=1S/C27H27N3O4/c1-30(2)16-20-23(18-7-5-4-6-8-18)27(19-11-9-17(13-28)10-12-19)26(32,25(20)31)24-21(33-3)14-29-15-22(24)34-27/h4-12,14-15,20,23,25,31-32H,16H2,1-3H3/t20-,23?,25-,26+,27?/m1/s1. The predicted octanol–water partition coefficient (Wildman–Crippen LogP) is 2.77. The van der Waals surface area contributed by atoms with Crippen molar-refractivity contribution in [2.75, 3.05) is 27.7 Å². The molecule has 1 saturated carbocycles. The zero-order chi connectivity index (χ0) is 24.1. The van der Waals surface area contributed by atoms with Gasteiger partial charge < -0.3 is 24.6 Å². The summed E-state index contributed by atoms with van der Waals surface area (Å²) in [7, 11) is 5.40. The molecule has 5 rings (SSSR count). The van der Waals surface area contributed by atoms with Gasteiger partial charge in [0.1, 0.15) is 11.5 Å². The van der Waals surface area contributed by atoms with Crippen LogP contribution in [0.4, 0.5) is 0 Å². The summed E-state index contributed by atoms with van der Waals surface area (Å²) in [5, 5.41) is 33.9. The fourth-order valence-corrected chi connectivity index (χ4v) is 5.95. The van der Waals surface area contributed by atoms with Crippen LogP contribution in [0.2, 0.25) is 0 Å². The van der Waals surface area contributed by atoms with Crippen molar-refractivity contribution in [3.63, 3.8) is 0 Å². The molecule has 1 aliphatic carbocycles. The summed E-state index contributed by atoms with van der Waals surface area (Å²) < 4.78 is 12.3. The maximum absolute atomic E-state index is 12.6. The molecule has 2 aliphatic rings. The predicted molar refractivity (Wildman–Crippen MR) is 125 cm³/mol. The number of benzene rings is 2. The van der Waals surface area contributed by atoms with Crippen LogP contribution in [-0.4, -0.2) is 54.0 Å². The average Bonchev–Trinajstić information content (AvgIpc) is 3.23. The molecule has 3 aromatic rings. The van der Waals surface area contributed by atoms with Crippen molar-refractivity contribution in [2.24, 2.45) is 5.92 Å². The minimum absolute atomic E-state index is 0.354. The molecule has 0 radical (unpaired) electrons. The van der Waals surface area contributed by atoms with Gasteiger partial charge in [-0.2, -0.15) is 5.26 Å². The summed E-state index contributed by atoms with van der Waals surface area (Å²) in [5.41, 5.74) is -0.704. The number of hydrogen-bond donors (Lipinski definition) is 2. The van der Waals surface area contributed by atoms with E-state index < -0.39 is 23.2 Å². The monoisotopic (exact) mass is 457 g/mol. The van der Waals surface area contributed by atoms with Gasteiger partial charge in [-0.3, -0.25) is 4.98 Å². The molecule has 174 valence electrons. The van der Waals surface area contributed by atoms with Gasteiger partial charge in [0, 0.05) is 18.4 Å². The van der Waals surface area contributed by atoms with Crippen molar-refractivity contribution in [1.82, 2.24) is 9.88 Å². The summed E-state index contributed by atoms with van der Waals surface area (Å²) in [6, 6.07) is 19.0. The normalized spacial score (nSPS) is 29.3. The first-order chi connectivity index (χ1) is 16.4. The number of nitrogens with zero attached hydrogens (tertiary/aromatic N) is 3. The molecule has 0 spiro atoms. The molecular weight excluding hydrogens is 430 g/mol. The molecule has 5 atom stereocenters. The van der Waals surface area contributed by atoms with Crippen molar-refractivity contribution in [3.05, 3.63) is 89.2 Å². The number of hydrogen-bond acceptors (Lipinski definition) is 7. The topological polar surface area (TPSA) is 98.8 Å². The first-order valence-corrected chi connectivity index (χ1v) is 11.2. The second kappa shape index (κ2) is 8.10. The second-order valence-corrected chi connectivity index (χ2v) is 9.27. The number of rotatable bonds is 5. The Kier molecular flexibility index (Phi) is 5.33. The highest BCUT2D eigenvalue weighted by Crippen LogP contribution is 2.69. The van der Waals surface area contributed by atoms with E-state index in [2.05, 4.69) is 11.1 Å². The number of aliphatic hydroxyl groups excluding tert-OH is 1. The zero-order valence-corrected chi connectivity index (χ0v) is 19.3. The van der Waals surface area contributed by atoms with E-state index in [9.17, 15) is 15.5 Å². The highest BCUT2D eigenvalue weighted by atomic mass is 16.5. The van der Waals surface area contributed by atoms with Gasteiger partial charge in [-0.25, -0.2) is 0 Å². The molecule has 1 aromatic heterocycles. The fourth-order valence-electron chi connectivity index (χ4n) is 5.95. The van der Waals surface area contributed by atoms with Gasteiger partial charge in [-0.1, -0.05) is 42.5 Å². The van der Waals surface area contributed by atoms with Crippen LogP contribution in [0.15, 0.2) is 67.0 Å². The fraction of sp³-hybridized carbons (Fsp3) is 0.333. The number of pyridine rings is 1. The number of ether oxygens (including phenoxy) is 2. The molecule has 2 heterocycles. The lowest BCUT2D eigenvalue weighted by atomic mass is 9.70. The number of nitriles is 1. The van der Waals surface area contributed by atoms with Crippen LogP contribution in [-0.2, 0) is 11.2 Å². The largest absolute Gasteiger partial charge is 0.495 e. The highest BCUT2D eigenvalue weighted by Gasteiger charge is 2.76. The Labute approximate surface area is 198 Å². The molecule has 0 amide bonds. The average molecular weight is 458 g/mol. The molecule has 2 aromatic carbocycles. The van der Waals surface area contributed by atoms with Crippen LogP contribution in [0.5, 0.6) is 11.5 Å². The zero-order valence-electron chi connectivity index (χ0n) is 19.3. The van der Waals surface area contributed by atoms with Crippen molar-refractivity contribution in [2.45, 2.75) is 23.2 Å². The van der Waals surface area contributed by atoms with Crippen molar-refractivity contribution < 1.29 is 19.7 Å². The molecule has 7 heteroatoms. The highest BCUT2D eigenvalue weighted by molar-refractivity contribution is 5.59. The molecule has 34 heavy (non-hydrogen) atoms. The van der Waals surface area contributed by atoms with Crippen LogP contribution in [0.3, 0.4) is 0 Å². The summed E-state index contributed by atoms with van der Waals surface area (Å²) in [6.07, 6.45) is 1.90. The first kappa shape index (κ1) is 22.4. The Bertz CT molecular complexity index is 1240. The first-order valence-electron chi connectivity index (χ1n) is 11.2. The molecule has 0 saturated heterocycles. The van der Waals surface area contributed by atoms with Gasteiger partial charge in [0.15, 0.2) is 11.2 Å². The third-order valence-electron chi connectivity index (χ3n) is 7.19. The number of fused-ring (bicyclic) bond motifs is 3. The molecular formula is C27H27N3O4. The van der Waals surface area contributed by atoms with Gasteiger partial charge in [-0.05, 0) is 37.4 Å².